The maximum Gasteiger partial charge on any atom is 0.534 e. The van der Waals surface area contributed by atoms with Gasteiger partial charge in [0.25, 0.3) is 0 Å². The van der Waals surface area contributed by atoms with E-state index in [1.807, 2.05) is 91.0 Å². The molecule has 1 aromatic heterocycles. The molecule has 42 heavy (non-hydrogen) atoms. The highest BCUT2D eigenvalue weighted by atomic mass is 32.2. The molecule has 6 aromatic rings. The summed E-state index contributed by atoms with van der Waals surface area (Å²) < 4.78 is 66.1. The maximum atomic E-state index is 12.9. The van der Waals surface area contributed by atoms with Gasteiger partial charge in [-0.25, -0.2) is 15.0 Å². The Labute approximate surface area is 239 Å². The first kappa shape index (κ1) is 27.1. The van der Waals surface area contributed by atoms with Crippen LogP contribution in [0.3, 0.4) is 0 Å². The van der Waals surface area contributed by atoms with E-state index in [4.69, 9.17) is 15.0 Å². The summed E-state index contributed by atoms with van der Waals surface area (Å²) in [4.78, 5) is 14.2. The summed E-state index contributed by atoms with van der Waals surface area (Å²) >= 11 is 0. The zero-order valence-electron chi connectivity index (χ0n) is 21.7. The van der Waals surface area contributed by atoms with Crippen molar-refractivity contribution in [3.05, 3.63) is 121 Å². The first-order valence-corrected chi connectivity index (χ1v) is 14.1. The Morgan fingerprint density at radius 1 is 0.548 bits per heavy atom. The quantitative estimate of drug-likeness (QED) is 0.146. The van der Waals surface area contributed by atoms with E-state index in [9.17, 15) is 21.6 Å². The summed E-state index contributed by atoms with van der Waals surface area (Å²) in [5, 5.41) is 1.23. The maximum absolute atomic E-state index is 12.9. The summed E-state index contributed by atoms with van der Waals surface area (Å²) in [6.07, 6.45) is 0. The number of halogens is 3. The van der Waals surface area contributed by atoms with Crippen LogP contribution in [0.2, 0.25) is 0 Å². The van der Waals surface area contributed by atoms with Crippen LogP contribution in [0.1, 0.15) is 0 Å². The zero-order chi connectivity index (χ0) is 29.3. The lowest BCUT2D eigenvalue weighted by Gasteiger charge is -2.12. The molecule has 0 saturated heterocycles. The zero-order valence-corrected chi connectivity index (χ0v) is 22.5. The van der Waals surface area contributed by atoms with Crippen molar-refractivity contribution in [1.82, 2.24) is 15.0 Å². The Hall–Kier alpha value is -5.09. The van der Waals surface area contributed by atoms with E-state index in [2.05, 4.69) is 4.18 Å². The lowest BCUT2D eigenvalue weighted by Crippen LogP contribution is -2.28. The first-order chi connectivity index (χ1) is 20.2. The Kier molecular flexibility index (Phi) is 6.91. The van der Waals surface area contributed by atoms with Crippen LogP contribution in [0.4, 0.5) is 13.2 Å². The second-order valence-electron chi connectivity index (χ2n) is 9.29. The van der Waals surface area contributed by atoms with Gasteiger partial charge in [-0.2, -0.15) is 21.6 Å². The molecule has 0 atom stereocenters. The molecular weight excluding hydrogens is 563 g/mol. The molecule has 5 aromatic carbocycles. The van der Waals surface area contributed by atoms with Gasteiger partial charge in [-0.15, -0.1) is 0 Å². The van der Waals surface area contributed by atoms with Crippen molar-refractivity contribution < 1.29 is 25.8 Å². The van der Waals surface area contributed by atoms with Gasteiger partial charge in [0.2, 0.25) is 0 Å². The third-order valence-corrected chi connectivity index (χ3v) is 7.48. The van der Waals surface area contributed by atoms with Gasteiger partial charge in [0.05, 0.1) is 0 Å². The van der Waals surface area contributed by atoms with Crippen molar-refractivity contribution in [1.29, 1.82) is 0 Å². The van der Waals surface area contributed by atoms with Crippen LogP contribution in [-0.4, -0.2) is 28.9 Å². The van der Waals surface area contributed by atoms with Gasteiger partial charge in [0, 0.05) is 16.7 Å². The predicted octanol–water partition coefficient (Wildman–Crippen LogP) is 7.92. The number of fused-ring (bicyclic) bond motifs is 1. The Morgan fingerprint density at radius 2 is 1.05 bits per heavy atom. The van der Waals surface area contributed by atoms with Crippen molar-refractivity contribution in [3.63, 3.8) is 0 Å². The second kappa shape index (κ2) is 10.7. The summed E-state index contributed by atoms with van der Waals surface area (Å²) in [5.74, 6) is 1.09. The summed E-state index contributed by atoms with van der Waals surface area (Å²) in [6.45, 7) is 0. The predicted molar refractivity (Wildman–Crippen MR) is 155 cm³/mol. The van der Waals surface area contributed by atoms with Crippen molar-refractivity contribution in [2.45, 2.75) is 5.51 Å². The minimum Gasteiger partial charge on any atom is -0.376 e. The van der Waals surface area contributed by atoms with Crippen LogP contribution in [-0.2, 0) is 10.1 Å². The van der Waals surface area contributed by atoms with Crippen LogP contribution in [0.15, 0.2) is 121 Å². The molecule has 0 bridgehead atoms. The van der Waals surface area contributed by atoms with E-state index >= 15 is 0 Å². The Morgan fingerprint density at radius 3 is 1.57 bits per heavy atom. The van der Waals surface area contributed by atoms with Gasteiger partial charge >= 0.3 is 15.6 Å². The van der Waals surface area contributed by atoms with Crippen molar-refractivity contribution >= 4 is 20.9 Å². The minimum absolute atomic E-state index is 0.434. The number of benzene rings is 5. The van der Waals surface area contributed by atoms with E-state index < -0.39 is 21.4 Å². The van der Waals surface area contributed by atoms with Gasteiger partial charge in [0.15, 0.2) is 17.5 Å². The molecule has 0 N–H and O–H groups in total. The van der Waals surface area contributed by atoms with Gasteiger partial charge in [-0.1, -0.05) is 109 Å². The van der Waals surface area contributed by atoms with Gasteiger partial charge in [-0.3, -0.25) is 0 Å². The highest BCUT2D eigenvalue weighted by molar-refractivity contribution is 7.88. The molecule has 0 aliphatic rings. The highest BCUT2D eigenvalue weighted by Gasteiger charge is 2.48. The molecular formula is C32H20F3N3O3S. The number of aromatic nitrogens is 3. The fourth-order valence-electron chi connectivity index (χ4n) is 4.47. The molecule has 0 aliphatic heterocycles. The Bertz CT molecular complexity index is 1940. The topological polar surface area (TPSA) is 82.0 Å². The van der Waals surface area contributed by atoms with E-state index in [1.54, 1.807) is 12.1 Å². The molecule has 1 heterocycles. The van der Waals surface area contributed by atoms with Crippen LogP contribution < -0.4 is 4.18 Å². The third kappa shape index (κ3) is 5.44. The van der Waals surface area contributed by atoms with Crippen LogP contribution in [0, 0.1) is 0 Å². The summed E-state index contributed by atoms with van der Waals surface area (Å²) in [7, 11) is -5.80. The molecule has 208 valence electrons. The first-order valence-electron chi connectivity index (χ1n) is 12.7. The fraction of sp³-hybridized carbons (Fsp3) is 0.0312. The SMILES string of the molecule is O=S(=O)(Oc1ccc2cccc(-c3ccc(-c4nc(-c5ccccc5)nc(-c5ccccc5)n4)cc3)c2c1)C(F)(F)F. The summed E-state index contributed by atoms with van der Waals surface area (Å²) in [6, 6.07) is 35.9. The number of nitrogens with zero attached hydrogens (tertiary/aromatic N) is 3. The van der Waals surface area contributed by atoms with E-state index in [1.165, 1.54) is 18.2 Å². The van der Waals surface area contributed by atoms with Gasteiger partial charge < -0.3 is 4.18 Å². The smallest absolute Gasteiger partial charge is 0.376 e. The Balaban J connectivity index is 1.40. The molecule has 0 radical (unpaired) electrons. The highest BCUT2D eigenvalue weighted by Crippen LogP contribution is 2.34. The average molecular weight is 584 g/mol. The molecule has 6 nitrogen and oxygen atoms in total. The molecule has 0 saturated carbocycles. The molecule has 0 aliphatic carbocycles. The second-order valence-corrected chi connectivity index (χ2v) is 10.8. The molecule has 0 spiro atoms. The standard InChI is InChI=1S/C32H20F3N3O3S/c33-32(34,35)42(39,40)41-26-19-18-21-12-7-13-27(28(21)20-26)22-14-16-25(17-15-22)31-37-29(23-8-3-1-4-9-23)36-30(38-31)24-10-5-2-6-11-24/h1-20H. The lowest BCUT2D eigenvalue weighted by atomic mass is 9.97. The lowest BCUT2D eigenvalue weighted by molar-refractivity contribution is -0.0500. The summed E-state index contributed by atoms with van der Waals surface area (Å²) in [5.41, 5.74) is -1.68. The molecule has 0 amide bonds. The third-order valence-electron chi connectivity index (χ3n) is 6.50. The fourth-order valence-corrected chi connectivity index (χ4v) is 4.92. The van der Waals surface area contributed by atoms with Crippen molar-refractivity contribution in [3.8, 4) is 51.0 Å². The molecule has 0 fully saturated rings. The van der Waals surface area contributed by atoms with E-state index in [0.29, 0.717) is 33.8 Å². The number of rotatable bonds is 6. The normalized spacial score (nSPS) is 11.9. The monoisotopic (exact) mass is 583 g/mol. The molecule has 6 rings (SSSR count). The average Bonchev–Trinajstić information content (AvgIpc) is 3.01. The van der Waals surface area contributed by atoms with Crippen molar-refractivity contribution in [2.75, 3.05) is 0 Å². The van der Waals surface area contributed by atoms with Crippen LogP contribution in [0.25, 0.3) is 56.1 Å². The number of hydrogen-bond acceptors (Lipinski definition) is 6. The molecule has 10 heteroatoms. The van der Waals surface area contributed by atoms with E-state index in [-0.39, 0.29) is 0 Å². The van der Waals surface area contributed by atoms with Gasteiger partial charge in [0.1, 0.15) is 5.75 Å². The largest absolute Gasteiger partial charge is 0.534 e. The minimum atomic E-state index is -5.80. The van der Waals surface area contributed by atoms with Gasteiger partial charge in [-0.05, 0) is 34.0 Å². The number of alkyl halides is 3. The number of hydrogen-bond donors (Lipinski definition) is 0. The van der Waals surface area contributed by atoms with Crippen molar-refractivity contribution in [2.24, 2.45) is 0 Å². The molecule has 0 unspecified atom stereocenters. The van der Waals surface area contributed by atoms with E-state index in [0.717, 1.165) is 22.3 Å². The van der Waals surface area contributed by atoms with Crippen LogP contribution >= 0.6 is 0 Å². The van der Waals surface area contributed by atoms with Crippen LogP contribution in [0.5, 0.6) is 5.75 Å².